The summed E-state index contributed by atoms with van der Waals surface area (Å²) in [6.45, 7) is 5.41. The van der Waals surface area contributed by atoms with Crippen molar-refractivity contribution in [2.75, 3.05) is 31.7 Å². The van der Waals surface area contributed by atoms with Gasteiger partial charge in [0.15, 0.2) is 0 Å². The first-order chi connectivity index (χ1) is 9.82. The lowest BCUT2D eigenvalue weighted by atomic mass is 9.93. The first-order valence-electron chi connectivity index (χ1n) is 7.16. The molecule has 0 spiro atoms. The number of amidine groups is 1. The maximum atomic E-state index is 10.6. The van der Waals surface area contributed by atoms with Gasteiger partial charge in [0.2, 0.25) is 0 Å². The molecule has 1 aliphatic rings. The van der Waals surface area contributed by atoms with Crippen LogP contribution in [0.1, 0.15) is 29.8 Å². The Morgan fingerprint density at radius 2 is 2.10 bits per heavy atom. The van der Waals surface area contributed by atoms with Crippen LogP contribution in [0.4, 0.5) is 5.69 Å². The number of likely N-dealkylation sites (N-methyl/N-ethyl adjacent to an activating group) is 1. The number of aromatic nitrogens is 1. The van der Waals surface area contributed by atoms with Gasteiger partial charge in [-0.1, -0.05) is 0 Å². The van der Waals surface area contributed by atoms with Gasteiger partial charge in [0, 0.05) is 45.3 Å². The van der Waals surface area contributed by atoms with E-state index in [1.54, 1.807) is 0 Å². The molecule has 116 valence electrons. The van der Waals surface area contributed by atoms with Gasteiger partial charge >= 0.3 is 0 Å². The van der Waals surface area contributed by atoms with Gasteiger partial charge in [0.05, 0.1) is 22.5 Å². The Morgan fingerprint density at radius 3 is 2.67 bits per heavy atom. The van der Waals surface area contributed by atoms with Gasteiger partial charge in [-0.2, -0.15) is 0 Å². The van der Waals surface area contributed by atoms with E-state index in [9.17, 15) is 5.11 Å². The molecule has 0 unspecified atom stereocenters. The van der Waals surface area contributed by atoms with Crippen molar-refractivity contribution in [3.8, 4) is 0 Å². The molecule has 1 aliphatic heterocycles. The quantitative estimate of drug-likeness (QED) is 0.567. The van der Waals surface area contributed by atoms with E-state index in [0.29, 0.717) is 38.2 Å². The third kappa shape index (κ3) is 3.51. The molecule has 0 bridgehead atoms. The predicted molar refractivity (Wildman–Crippen MR) is 83.0 cm³/mol. The van der Waals surface area contributed by atoms with Crippen LogP contribution >= 0.6 is 0 Å². The molecule has 0 atom stereocenters. The molecule has 0 amide bonds. The zero-order valence-corrected chi connectivity index (χ0v) is 12.9. The maximum Gasteiger partial charge on any atom is 0.126 e. The highest BCUT2D eigenvalue weighted by molar-refractivity contribution is 6.01. The van der Waals surface area contributed by atoms with Crippen molar-refractivity contribution in [2.24, 2.45) is 5.73 Å². The molecule has 0 aliphatic carbocycles. The van der Waals surface area contributed by atoms with Gasteiger partial charge in [-0.15, -0.1) is 0 Å². The summed E-state index contributed by atoms with van der Waals surface area (Å²) in [5.41, 5.74) is 8.04. The number of nitrogens with one attached hydrogen (secondary N) is 1. The number of pyridine rings is 1. The molecule has 0 aromatic carbocycles. The van der Waals surface area contributed by atoms with E-state index in [1.165, 1.54) is 0 Å². The van der Waals surface area contributed by atoms with E-state index in [-0.39, 0.29) is 5.84 Å². The van der Waals surface area contributed by atoms with Crippen molar-refractivity contribution in [1.82, 2.24) is 4.98 Å². The fourth-order valence-electron chi connectivity index (χ4n) is 2.88. The fourth-order valence-corrected chi connectivity index (χ4v) is 2.88. The van der Waals surface area contributed by atoms with Gasteiger partial charge in [-0.05, 0) is 19.9 Å². The minimum Gasteiger partial charge on any atom is -0.388 e. The van der Waals surface area contributed by atoms with Crippen LogP contribution in [0, 0.1) is 19.3 Å². The second-order valence-corrected chi connectivity index (χ2v) is 5.85. The number of nitrogens with zero attached hydrogens (tertiary/aromatic N) is 2. The van der Waals surface area contributed by atoms with Gasteiger partial charge in [-0.3, -0.25) is 10.4 Å². The third-order valence-corrected chi connectivity index (χ3v) is 3.94. The topological polar surface area (TPSA) is 95.5 Å². The van der Waals surface area contributed by atoms with Crippen LogP contribution in [0.5, 0.6) is 0 Å². The standard InChI is InChI=1S/C15H24N4O2/c1-10-8-12(13(14(16)17)11(2)18-10)19(3)9-15(20)4-6-21-7-5-15/h8,20H,4-7,9H2,1-3H3,(H3,16,17). The lowest BCUT2D eigenvalue weighted by Gasteiger charge is -2.37. The highest BCUT2D eigenvalue weighted by atomic mass is 16.5. The second-order valence-electron chi connectivity index (χ2n) is 5.85. The summed E-state index contributed by atoms with van der Waals surface area (Å²) in [6, 6.07) is 1.91. The number of ether oxygens (including phenoxy) is 1. The molecular weight excluding hydrogens is 268 g/mol. The first-order valence-corrected chi connectivity index (χ1v) is 7.16. The van der Waals surface area contributed by atoms with E-state index >= 15 is 0 Å². The van der Waals surface area contributed by atoms with Gasteiger partial charge in [0.25, 0.3) is 0 Å². The SMILES string of the molecule is Cc1cc(N(C)CC2(O)CCOCC2)c(C(=N)N)c(C)n1. The highest BCUT2D eigenvalue weighted by Gasteiger charge is 2.32. The van der Waals surface area contributed by atoms with Crippen LogP contribution in [-0.4, -0.2) is 48.3 Å². The normalized spacial score (nSPS) is 17.5. The lowest BCUT2D eigenvalue weighted by molar-refractivity contribution is -0.0572. The first kappa shape index (κ1) is 15.7. The van der Waals surface area contributed by atoms with Crippen molar-refractivity contribution >= 4 is 11.5 Å². The van der Waals surface area contributed by atoms with Crippen molar-refractivity contribution in [2.45, 2.75) is 32.3 Å². The summed E-state index contributed by atoms with van der Waals surface area (Å²) >= 11 is 0. The molecule has 0 radical (unpaired) electrons. The molecule has 1 saturated heterocycles. The summed E-state index contributed by atoms with van der Waals surface area (Å²) in [6.07, 6.45) is 1.24. The van der Waals surface area contributed by atoms with Crippen LogP contribution in [0.2, 0.25) is 0 Å². The Hall–Kier alpha value is -1.66. The Kier molecular flexibility index (Phi) is 4.49. The number of hydrogen-bond donors (Lipinski definition) is 3. The van der Waals surface area contributed by atoms with Crippen molar-refractivity contribution < 1.29 is 9.84 Å². The zero-order valence-electron chi connectivity index (χ0n) is 12.9. The monoisotopic (exact) mass is 292 g/mol. The van der Waals surface area contributed by atoms with Crippen molar-refractivity contribution in [3.63, 3.8) is 0 Å². The Balaban J connectivity index is 2.30. The number of aliphatic hydroxyl groups is 1. The molecule has 2 heterocycles. The second kappa shape index (κ2) is 5.99. The molecule has 1 fully saturated rings. The van der Waals surface area contributed by atoms with E-state index in [2.05, 4.69) is 4.98 Å². The smallest absolute Gasteiger partial charge is 0.126 e. The van der Waals surface area contributed by atoms with Crippen LogP contribution in [0.25, 0.3) is 0 Å². The summed E-state index contributed by atoms with van der Waals surface area (Å²) in [5, 5.41) is 18.4. The van der Waals surface area contributed by atoms with E-state index < -0.39 is 5.60 Å². The molecule has 0 saturated carbocycles. The number of nitrogen functional groups attached to an aromatic ring is 1. The molecular formula is C15H24N4O2. The zero-order chi connectivity index (χ0) is 15.6. The highest BCUT2D eigenvalue weighted by Crippen LogP contribution is 2.27. The molecule has 6 nitrogen and oxygen atoms in total. The summed E-state index contributed by atoms with van der Waals surface area (Å²) in [4.78, 5) is 6.33. The van der Waals surface area contributed by atoms with Crippen LogP contribution in [-0.2, 0) is 4.74 Å². The molecule has 6 heteroatoms. The summed E-state index contributed by atoms with van der Waals surface area (Å²) in [5.74, 6) is 0.000757. The molecule has 1 aromatic rings. The van der Waals surface area contributed by atoms with E-state index in [0.717, 1.165) is 17.1 Å². The maximum absolute atomic E-state index is 10.6. The molecule has 4 N–H and O–H groups in total. The van der Waals surface area contributed by atoms with E-state index in [4.69, 9.17) is 15.9 Å². The largest absolute Gasteiger partial charge is 0.388 e. The molecule has 21 heavy (non-hydrogen) atoms. The number of aryl methyl sites for hydroxylation is 2. The van der Waals surface area contributed by atoms with Crippen LogP contribution in [0.15, 0.2) is 6.07 Å². The van der Waals surface area contributed by atoms with Gasteiger partial charge in [-0.25, -0.2) is 0 Å². The van der Waals surface area contributed by atoms with Crippen LogP contribution < -0.4 is 10.6 Å². The number of anilines is 1. The summed E-state index contributed by atoms with van der Waals surface area (Å²) in [7, 11) is 1.91. The summed E-state index contributed by atoms with van der Waals surface area (Å²) < 4.78 is 5.31. The lowest BCUT2D eigenvalue weighted by Crippen LogP contribution is -2.46. The minimum absolute atomic E-state index is 0.000757. The number of hydrogen-bond acceptors (Lipinski definition) is 5. The number of nitrogens with two attached hydrogens (primary N) is 1. The average molecular weight is 292 g/mol. The van der Waals surface area contributed by atoms with Crippen molar-refractivity contribution in [1.29, 1.82) is 5.41 Å². The minimum atomic E-state index is -0.758. The Morgan fingerprint density at radius 1 is 1.48 bits per heavy atom. The molecule has 2 rings (SSSR count). The van der Waals surface area contributed by atoms with Crippen LogP contribution in [0.3, 0.4) is 0 Å². The van der Waals surface area contributed by atoms with E-state index in [1.807, 2.05) is 31.9 Å². The van der Waals surface area contributed by atoms with Gasteiger partial charge in [0.1, 0.15) is 5.84 Å². The van der Waals surface area contributed by atoms with Gasteiger partial charge < -0.3 is 20.5 Å². The van der Waals surface area contributed by atoms with Crippen molar-refractivity contribution in [3.05, 3.63) is 23.0 Å². The fraction of sp³-hybridized carbons (Fsp3) is 0.600. The Labute approximate surface area is 125 Å². The number of rotatable bonds is 4. The third-order valence-electron chi connectivity index (χ3n) is 3.94. The average Bonchev–Trinajstić information content (AvgIpc) is 2.37. The molecule has 1 aromatic heterocycles. The predicted octanol–water partition coefficient (Wildman–Crippen LogP) is 0.960. The Bertz CT molecular complexity index is 539.